The quantitative estimate of drug-likeness (QED) is 0.0771. The third kappa shape index (κ3) is 7.53. The van der Waals surface area contributed by atoms with Crippen molar-refractivity contribution in [3.05, 3.63) is 64.7 Å². The molecule has 2 aromatic carbocycles. The Morgan fingerprint density at radius 1 is 0.860 bits per heavy atom. The van der Waals surface area contributed by atoms with Crippen LogP contribution in [0, 0.1) is 0 Å². The predicted octanol–water partition coefficient (Wildman–Crippen LogP) is 2.63. The zero-order valence-corrected chi connectivity index (χ0v) is 29.4. The molecule has 0 aromatic heterocycles. The second kappa shape index (κ2) is 14.7. The maximum Gasteiger partial charge on any atom is 1.00 e. The molecule has 2 aliphatic rings. The van der Waals surface area contributed by atoms with Crippen LogP contribution in [0.25, 0.3) is 38.1 Å². The van der Waals surface area contributed by atoms with Crippen molar-refractivity contribution in [2.45, 2.75) is 57.3 Å². The standard InChI is InChI=1S/C31H39N3O6S2.Na/c1-6-11-18-32-41(35,36)24-14-17-27(30(21-24)42(37,38)39)31-25-15-12-22(33(7-2)8-3)19-28(25)40-29-20-23(13-16-26(29)31)34(9-4)10-5;/h12-17,19-21H,6-11,18H2,1-5H3,(H,37,38,39);/q;+1/p-1. The number of anilines is 1. The van der Waals surface area contributed by atoms with Crippen molar-refractivity contribution < 1.29 is 55.4 Å². The van der Waals surface area contributed by atoms with E-state index in [1.807, 2.05) is 43.3 Å². The van der Waals surface area contributed by atoms with Gasteiger partial charge < -0.3 is 18.6 Å². The minimum absolute atomic E-state index is 0. The zero-order valence-electron chi connectivity index (χ0n) is 25.8. The SMILES string of the molecule is CCCC[N-]S(=O)(=O)c1ccc(-c2c3ccc(=[N+](CC)CC)cc-3oc3cc(N(CC)CC)ccc23)c(S(=O)(=O)[O-])c1.[Na+]. The molecule has 1 aliphatic heterocycles. The van der Waals surface area contributed by atoms with Crippen molar-refractivity contribution in [2.24, 2.45) is 0 Å². The number of sulfonamides is 1. The first kappa shape index (κ1) is 35.2. The van der Waals surface area contributed by atoms with Gasteiger partial charge in [-0.05, 0) is 58.0 Å². The van der Waals surface area contributed by atoms with E-state index in [4.69, 9.17) is 4.42 Å². The smallest absolute Gasteiger partial charge is 0.744 e. The van der Waals surface area contributed by atoms with Crippen LogP contribution < -0.4 is 44.4 Å². The molecule has 0 N–H and O–H groups in total. The molecule has 2 aromatic rings. The maximum absolute atomic E-state index is 12.9. The number of unbranched alkanes of at least 4 members (excludes halogenated alkanes) is 1. The number of fused-ring (bicyclic) bond motifs is 2. The topological polar surface area (TPSA) is 125 Å². The van der Waals surface area contributed by atoms with Crippen molar-refractivity contribution in [2.75, 3.05) is 37.6 Å². The third-order valence-electron chi connectivity index (χ3n) is 7.51. The van der Waals surface area contributed by atoms with Gasteiger partial charge in [-0.1, -0.05) is 25.8 Å². The van der Waals surface area contributed by atoms with Crippen LogP contribution in [0.3, 0.4) is 0 Å². The number of hydrogen-bond donors (Lipinski definition) is 0. The molecule has 0 bridgehead atoms. The molecule has 0 saturated heterocycles. The van der Waals surface area contributed by atoms with E-state index in [0.717, 1.165) is 49.7 Å². The molecular formula is C31H38N3NaO6S2. The fraction of sp³-hybridized carbons (Fsp3) is 0.387. The minimum Gasteiger partial charge on any atom is -0.744 e. The van der Waals surface area contributed by atoms with Crippen LogP contribution in [0.2, 0.25) is 0 Å². The largest absolute Gasteiger partial charge is 1.00 e. The van der Waals surface area contributed by atoms with Gasteiger partial charge in [-0.15, -0.1) is 6.54 Å². The Morgan fingerprint density at radius 3 is 2.14 bits per heavy atom. The molecule has 9 nitrogen and oxygen atoms in total. The second-order valence-electron chi connectivity index (χ2n) is 9.98. The molecule has 226 valence electrons. The molecule has 12 heteroatoms. The first-order valence-electron chi connectivity index (χ1n) is 14.4. The summed E-state index contributed by atoms with van der Waals surface area (Å²) in [4.78, 5) is 1.21. The predicted molar refractivity (Wildman–Crippen MR) is 166 cm³/mol. The van der Waals surface area contributed by atoms with Crippen molar-refractivity contribution in [1.29, 1.82) is 0 Å². The van der Waals surface area contributed by atoms with Gasteiger partial charge in [0, 0.05) is 57.9 Å². The van der Waals surface area contributed by atoms with E-state index in [2.05, 4.69) is 41.9 Å². The van der Waals surface area contributed by atoms with Gasteiger partial charge in [0.25, 0.3) is 0 Å². The van der Waals surface area contributed by atoms with E-state index in [-0.39, 0.29) is 46.6 Å². The number of rotatable bonds is 12. The van der Waals surface area contributed by atoms with Crippen LogP contribution in [0.15, 0.2) is 68.8 Å². The summed E-state index contributed by atoms with van der Waals surface area (Å²) in [7, 11) is -9.24. The second-order valence-corrected chi connectivity index (χ2v) is 13.0. The Morgan fingerprint density at radius 2 is 1.53 bits per heavy atom. The summed E-state index contributed by atoms with van der Waals surface area (Å²) in [5.41, 5.74) is 2.63. The van der Waals surface area contributed by atoms with E-state index in [1.54, 1.807) is 0 Å². The van der Waals surface area contributed by atoms with Crippen LogP contribution in [0.5, 0.6) is 0 Å². The van der Waals surface area contributed by atoms with E-state index in [0.29, 0.717) is 34.3 Å². The Hall–Kier alpha value is -2.25. The average molecular weight is 636 g/mol. The van der Waals surface area contributed by atoms with Crippen molar-refractivity contribution in [3.63, 3.8) is 0 Å². The molecule has 0 spiro atoms. The molecule has 1 aliphatic carbocycles. The Bertz CT molecular complexity index is 1840. The van der Waals surface area contributed by atoms with Crippen LogP contribution in [-0.4, -0.2) is 54.1 Å². The first-order chi connectivity index (χ1) is 20.0. The summed E-state index contributed by atoms with van der Waals surface area (Å²) < 4.78 is 76.1. The van der Waals surface area contributed by atoms with Gasteiger partial charge in [-0.2, -0.15) is 0 Å². The summed E-state index contributed by atoms with van der Waals surface area (Å²) in [6.07, 6.45) is 1.32. The van der Waals surface area contributed by atoms with Crippen molar-refractivity contribution in [3.8, 4) is 22.5 Å². The van der Waals surface area contributed by atoms with Gasteiger partial charge in [-0.25, -0.2) is 21.4 Å². The van der Waals surface area contributed by atoms with Crippen LogP contribution in [0.4, 0.5) is 5.69 Å². The van der Waals surface area contributed by atoms with Crippen LogP contribution in [-0.2, 0) is 20.1 Å². The molecule has 0 fully saturated rings. The number of nitrogens with zero attached hydrogens (tertiary/aromatic N) is 3. The molecule has 4 rings (SSSR count). The fourth-order valence-electron chi connectivity index (χ4n) is 5.22. The van der Waals surface area contributed by atoms with Gasteiger partial charge in [0.2, 0.25) is 5.36 Å². The molecular weight excluding hydrogens is 597 g/mol. The summed E-state index contributed by atoms with van der Waals surface area (Å²) >= 11 is 0. The first-order valence-corrected chi connectivity index (χ1v) is 17.2. The Balaban J connectivity index is 0.00000506. The van der Waals surface area contributed by atoms with Crippen molar-refractivity contribution >= 4 is 36.8 Å². The summed E-state index contributed by atoms with van der Waals surface area (Å²) in [5, 5.41) is 1.54. The summed E-state index contributed by atoms with van der Waals surface area (Å²) in [5.74, 6) is 0.513. The van der Waals surface area contributed by atoms with E-state index >= 15 is 0 Å². The zero-order chi connectivity index (χ0) is 30.7. The van der Waals surface area contributed by atoms with E-state index in [9.17, 15) is 21.4 Å². The Kier molecular flexibility index (Phi) is 12.0. The van der Waals surface area contributed by atoms with Gasteiger partial charge in [0.1, 0.15) is 44.6 Å². The summed E-state index contributed by atoms with van der Waals surface area (Å²) in [6.45, 7) is 13.4. The monoisotopic (exact) mass is 635 g/mol. The van der Waals surface area contributed by atoms with Gasteiger partial charge >= 0.3 is 29.6 Å². The van der Waals surface area contributed by atoms with Gasteiger partial charge in [-0.3, -0.25) is 0 Å². The van der Waals surface area contributed by atoms with Gasteiger partial charge in [0.05, 0.1) is 11.0 Å². The van der Waals surface area contributed by atoms with Crippen molar-refractivity contribution in [1.82, 2.24) is 4.58 Å². The van der Waals surface area contributed by atoms with Crippen LogP contribution >= 0.6 is 0 Å². The number of benzene rings is 3. The van der Waals surface area contributed by atoms with E-state index in [1.165, 1.54) is 12.1 Å². The normalized spacial score (nSPS) is 12.0. The van der Waals surface area contributed by atoms with Gasteiger partial charge in [0.15, 0.2) is 0 Å². The summed E-state index contributed by atoms with van der Waals surface area (Å²) in [6, 6.07) is 15.0. The molecule has 0 saturated carbocycles. The van der Waals surface area contributed by atoms with E-state index < -0.39 is 25.0 Å². The molecule has 0 radical (unpaired) electrons. The molecule has 1 heterocycles. The fourth-order valence-corrected chi connectivity index (χ4v) is 7.03. The maximum atomic E-state index is 12.9. The van der Waals surface area contributed by atoms with Crippen LogP contribution in [0.1, 0.15) is 47.5 Å². The number of hydrogen-bond acceptors (Lipinski definition) is 7. The molecule has 0 amide bonds. The third-order valence-corrected chi connectivity index (χ3v) is 9.76. The molecule has 0 atom stereocenters. The molecule has 0 unspecified atom stereocenters. The minimum atomic E-state index is -5.09. The average Bonchev–Trinajstić information content (AvgIpc) is 2.96. The molecule has 43 heavy (non-hydrogen) atoms. The Labute approximate surface area is 277 Å².